The van der Waals surface area contributed by atoms with E-state index in [9.17, 15) is 0 Å². The molecule has 4 heteroatoms. The van der Waals surface area contributed by atoms with E-state index in [0.29, 0.717) is 12.6 Å². The van der Waals surface area contributed by atoms with Crippen molar-refractivity contribution in [3.63, 3.8) is 0 Å². The zero-order valence-corrected chi connectivity index (χ0v) is 12.2. The molecule has 1 aromatic carbocycles. The van der Waals surface area contributed by atoms with Gasteiger partial charge in [-0.15, -0.1) is 0 Å². The van der Waals surface area contributed by atoms with E-state index in [0.717, 1.165) is 25.3 Å². The number of rotatable bonds is 8. The van der Waals surface area contributed by atoms with Crippen molar-refractivity contribution in [1.82, 2.24) is 15.1 Å². The molecule has 2 aromatic rings. The Morgan fingerprint density at radius 1 is 1.25 bits per heavy atom. The summed E-state index contributed by atoms with van der Waals surface area (Å²) in [5.74, 6) is 0.965. The number of aromatic nitrogens is 2. The minimum Gasteiger partial charge on any atom is -0.491 e. The van der Waals surface area contributed by atoms with Crippen LogP contribution in [0.5, 0.6) is 5.75 Å². The molecule has 0 radical (unpaired) electrons. The van der Waals surface area contributed by atoms with Crippen LogP contribution in [0.2, 0.25) is 0 Å². The van der Waals surface area contributed by atoms with Crippen LogP contribution in [0.4, 0.5) is 0 Å². The Bertz CT molecular complexity index is 496. The number of ether oxygens (including phenoxy) is 1. The molecule has 1 aromatic heterocycles. The van der Waals surface area contributed by atoms with E-state index in [1.165, 1.54) is 5.56 Å². The van der Waals surface area contributed by atoms with Gasteiger partial charge in [0.15, 0.2) is 0 Å². The van der Waals surface area contributed by atoms with Crippen molar-refractivity contribution >= 4 is 0 Å². The maximum Gasteiger partial charge on any atom is 0.124 e. The molecule has 1 heterocycles. The van der Waals surface area contributed by atoms with E-state index < -0.39 is 0 Å². The lowest BCUT2D eigenvalue weighted by atomic mass is 10.0. The predicted molar refractivity (Wildman–Crippen MR) is 80.9 cm³/mol. The molecule has 0 aliphatic carbocycles. The van der Waals surface area contributed by atoms with E-state index >= 15 is 0 Å². The van der Waals surface area contributed by atoms with E-state index in [4.69, 9.17) is 4.74 Å². The summed E-state index contributed by atoms with van der Waals surface area (Å²) in [6.07, 6.45) is 4.78. The summed E-state index contributed by atoms with van der Waals surface area (Å²) in [6.45, 7) is 6.67. The summed E-state index contributed by atoms with van der Waals surface area (Å²) in [4.78, 5) is 0. The van der Waals surface area contributed by atoms with Gasteiger partial charge in [-0.05, 0) is 25.1 Å². The van der Waals surface area contributed by atoms with Crippen molar-refractivity contribution < 1.29 is 4.74 Å². The van der Waals surface area contributed by atoms with Crippen LogP contribution in [0.1, 0.15) is 31.9 Å². The van der Waals surface area contributed by atoms with Crippen LogP contribution in [-0.2, 0) is 6.54 Å². The van der Waals surface area contributed by atoms with Gasteiger partial charge in [0.05, 0.1) is 6.54 Å². The maximum atomic E-state index is 5.94. The largest absolute Gasteiger partial charge is 0.491 e. The van der Waals surface area contributed by atoms with Gasteiger partial charge in [-0.1, -0.05) is 32.0 Å². The minimum absolute atomic E-state index is 0.348. The summed E-state index contributed by atoms with van der Waals surface area (Å²) >= 11 is 0. The Balaban J connectivity index is 1.99. The summed E-state index contributed by atoms with van der Waals surface area (Å²) in [6, 6.07) is 10.5. The summed E-state index contributed by atoms with van der Waals surface area (Å²) in [5, 5.41) is 7.67. The van der Waals surface area contributed by atoms with Gasteiger partial charge in [-0.2, -0.15) is 5.10 Å². The van der Waals surface area contributed by atoms with Crippen LogP contribution >= 0.6 is 0 Å². The second-order valence-corrected chi connectivity index (χ2v) is 4.67. The number of benzene rings is 1. The van der Waals surface area contributed by atoms with Gasteiger partial charge in [0.2, 0.25) is 0 Å². The van der Waals surface area contributed by atoms with Crippen molar-refractivity contribution in [2.24, 2.45) is 0 Å². The smallest absolute Gasteiger partial charge is 0.124 e. The van der Waals surface area contributed by atoms with Crippen molar-refractivity contribution in [3.05, 3.63) is 48.3 Å². The Morgan fingerprint density at radius 3 is 2.80 bits per heavy atom. The fraction of sp³-hybridized carbons (Fsp3) is 0.438. The van der Waals surface area contributed by atoms with E-state index in [1.54, 1.807) is 6.20 Å². The third-order valence-electron chi connectivity index (χ3n) is 3.29. The number of hydrogen-bond donors (Lipinski definition) is 1. The Hall–Kier alpha value is -1.81. The zero-order chi connectivity index (χ0) is 14.2. The molecule has 0 aliphatic heterocycles. The quantitative estimate of drug-likeness (QED) is 0.803. The molecular weight excluding hydrogens is 250 g/mol. The van der Waals surface area contributed by atoms with Gasteiger partial charge in [0.25, 0.3) is 0 Å². The van der Waals surface area contributed by atoms with Gasteiger partial charge in [0, 0.05) is 24.0 Å². The third-order valence-corrected chi connectivity index (χ3v) is 3.29. The first kappa shape index (κ1) is 14.6. The highest BCUT2D eigenvalue weighted by Gasteiger charge is 2.12. The summed E-state index contributed by atoms with van der Waals surface area (Å²) < 4.78 is 7.82. The van der Waals surface area contributed by atoms with Crippen molar-refractivity contribution in [3.8, 4) is 5.75 Å². The van der Waals surface area contributed by atoms with Crippen LogP contribution in [0.3, 0.4) is 0 Å². The molecule has 0 aliphatic rings. The molecule has 1 atom stereocenters. The summed E-state index contributed by atoms with van der Waals surface area (Å²) in [7, 11) is 0. The lowest BCUT2D eigenvalue weighted by molar-refractivity contribution is 0.285. The number of para-hydroxylation sites is 1. The zero-order valence-electron chi connectivity index (χ0n) is 12.2. The Labute approximate surface area is 120 Å². The lowest BCUT2D eigenvalue weighted by Gasteiger charge is -2.20. The highest BCUT2D eigenvalue weighted by Crippen LogP contribution is 2.27. The van der Waals surface area contributed by atoms with Gasteiger partial charge in [0.1, 0.15) is 12.4 Å². The number of nitrogens with zero attached hydrogens (tertiary/aromatic N) is 2. The normalized spacial score (nSPS) is 12.3. The molecule has 1 unspecified atom stereocenters. The van der Waals surface area contributed by atoms with Crippen LogP contribution in [0.15, 0.2) is 42.7 Å². The monoisotopic (exact) mass is 273 g/mol. The number of hydrogen-bond acceptors (Lipinski definition) is 3. The molecule has 0 amide bonds. The highest BCUT2D eigenvalue weighted by molar-refractivity contribution is 5.35. The standard InChI is InChI=1S/C16H23N3O/c1-3-15(17-4-2)14-8-5-6-9-16(14)20-13-12-19-11-7-10-18-19/h5-11,15,17H,3-4,12-13H2,1-2H3. The molecule has 4 nitrogen and oxygen atoms in total. The molecule has 2 rings (SSSR count). The van der Waals surface area contributed by atoms with Crippen LogP contribution in [-0.4, -0.2) is 22.9 Å². The predicted octanol–water partition coefficient (Wildman–Crippen LogP) is 3.02. The number of nitrogens with one attached hydrogen (secondary N) is 1. The average Bonchev–Trinajstić information content (AvgIpc) is 2.99. The van der Waals surface area contributed by atoms with Gasteiger partial charge >= 0.3 is 0 Å². The van der Waals surface area contributed by atoms with Crippen molar-refractivity contribution in [2.45, 2.75) is 32.9 Å². The molecule has 0 bridgehead atoms. The first-order valence-electron chi connectivity index (χ1n) is 7.27. The van der Waals surface area contributed by atoms with Crippen LogP contribution < -0.4 is 10.1 Å². The Kier molecular flexibility index (Phi) is 5.62. The second-order valence-electron chi connectivity index (χ2n) is 4.67. The topological polar surface area (TPSA) is 39.1 Å². The molecule has 1 N–H and O–H groups in total. The molecule has 0 saturated heterocycles. The molecule has 108 valence electrons. The average molecular weight is 273 g/mol. The van der Waals surface area contributed by atoms with Crippen molar-refractivity contribution in [1.29, 1.82) is 0 Å². The molecule has 0 spiro atoms. The third kappa shape index (κ3) is 3.84. The van der Waals surface area contributed by atoms with Gasteiger partial charge in [-0.25, -0.2) is 0 Å². The van der Waals surface area contributed by atoms with Crippen LogP contribution in [0, 0.1) is 0 Å². The minimum atomic E-state index is 0.348. The van der Waals surface area contributed by atoms with E-state index in [2.05, 4.69) is 36.4 Å². The molecule has 20 heavy (non-hydrogen) atoms. The molecule has 0 fully saturated rings. The van der Waals surface area contributed by atoms with Gasteiger partial charge < -0.3 is 10.1 Å². The fourth-order valence-electron chi connectivity index (χ4n) is 2.30. The lowest BCUT2D eigenvalue weighted by Crippen LogP contribution is -2.21. The van der Waals surface area contributed by atoms with E-state index in [-0.39, 0.29) is 0 Å². The molecular formula is C16H23N3O. The maximum absolute atomic E-state index is 5.94. The highest BCUT2D eigenvalue weighted by atomic mass is 16.5. The van der Waals surface area contributed by atoms with Gasteiger partial charge in [-0.3, -0.25) is 4.68 Å². The first-order valence-corrected chi connectivity index (χ1v) is 7.27. The van der Waals surface area contributed by atoms with E-state index in [1.807, 2.05) is 29.1 Å². The summed E-state index contributed by atoms with van der Waals surface area (Å²) in [5.41, 5.74) is 1.23. The fourth-order valence-corrected chi connectivity index (χ4v) is 2.30. The SMILES string of the molecule is CCNC(CC)c1ccccc1OCCn1cccn1. The Morgan fingerprint density at radius 2 is 2.10 bits per heavy atom. The molecule has 0 saturated carbocycles. The second kappa shape index (κ2) is 7.70. The van der Waals surface area contributed by atoms with Crippen LogP contribution in [0.25, 0.3) is 0 Å². The van der Waals surface area contributed by atoms with Crippen molar-refractivity contribution in [2.75, 3.05) is 13.2 Å². The first-order chi connectivity index (χ1) is 9.85.